The van der Waals surface area contributed by atoms with Crippen LogP contribution in [0.1, 0.15) is 34.2 Å². The maximum atomic E-state index is 10.8. The van der Waals surface area contributed by atoms with Crippen LogP contribution in [-0.2, 0) is 26.1 Å². The van der Waals surface area contributed by atoms with Gasteiger partial charge in [0.25, 0.3) is 5.51 Å². The molecule has 9 heteroatoms. The second kappa shape index (κ2) is 9.11. The number of esters is 1. The van der Waals surface area contributed by atoms with Crippen LogP contribution in [0.25, 0.3) is 0 Å². The second-order valence-corrected chi connectivity index (χ2v) is 8.17. The van der Waals surface area contributed by atoms with Crippen molar-refractivity contribution in [3.05, 3.63) is 44.9 Å². The molecular weight excluding hydrogens is 376 g/mol. The summed E-state index contributed by atoms with van der Waals surface area (Å²) in [6, 6.07) is 3.38. The number of aromatic nitrogens is 1. The number of nitrogens with zero attached hydrogens (tertiary/aromatic N) is 1. The number of hydrogen-bond acceptors (Lipinski definition) is 7. The van der Waals surface area contributed by atoms with Gasteiger partial charge in [0, 0.05) is 20.3 Å². The third-order valence-electron chi connectivity index (χ3n) is 3.59. The monoisotopic (exact) mass is 400 g/mol. The summed E-state index contributed by atoms with van der Waals surface area (Å²) in [5, 5.41) is 0. The molecule has 0 aliphatic carbocycles. The Morgan fingerprint density at radius 1 is 1.23 bits per heavy atom. The van der Waals surface area contributed by atoms with Gasteiger partial charge < -0.3 is 9.29 Å². The van der Waals surface area contributed by atoms with Gasteiger partial charge in [-0.15, -0.1) is 0 Å². The zero-order chi connectivity index (χ0) is 20.1. The van der Waals surface area contributed by atoms with E-state index in [1.54, 1.807) is 42.0 Å². The highest BCUT2D eigenvalue weighted by atomic mass is 32.2. The van der Waals surface area contributed by atoms with Crippen LogP contribution >= 0.6 is 11.3 Å². The van der Waals surface area contributed by atoms with Crippen LogP contribution in [0.2, 0.25) is 0 Å². The van der Waals surface area contributed by atoms with Crippen LogP contribution in [-0.4, -0.2) is 25.5 Å². The molecule has 0 saturated carbocycles. The van der Waals surface area contributed by atoms with Gasteiger partial charge in [0.15, 0.2) is 0 Å². The third-order valence-corrected chi connectivity index (χ3v) is 5.85. The first-order valence-electron chi connectivity index (χ1n) is 7.84. The second-order valence-electron chi connectivity index (χ2n) is 5.91. The molecule has 0 aliphatic rings. The van der Waals surface area contributed by atoms with Crippen LogP contribution in [0.5, 0.6) is 0 Å². The average Bonchev–Trinajstić information content (AvgIpc) is 2.77. The van der Waals surface area contributed by atoms with E-state index in [1.807, 2.05) is 19.4 Å². The predicted octanol–water partition coefficient (Wildman–Crippen LogP) is 1.68. The summed E-state index contributed by atoms with van der Waals surface area (Å²) in [5.74, 6) is 5.35. The summed E-state index contributed by atoms with van der Waals surface area (Å²) >= 11 is 1.57. The van der Waals surface area contributed by atoms with E-state index in [2.05, 4.69) is 0 Å². The van der Waals surface area contributed by atoms with Crippen LogP contribution in [0.4, 0.5) is 0 Å². The van der Waals surface area contributed by atoms with E-state index in [0.29, 0.717) is 17.7 Å². The van der Waals surface area contributed by atoms with E-state index in [1.165, 1.54) is 6.92 Å². The molecule has 26 heavy (non-hydrogen) atoms. The van der Waals surface area contributed by atoms with E-state index in [0.717, 1.165) is 22.6 Å². The summed E-state index contributed by atoms with van der Waals surface area (Å²) in [7, 11) is -4.33. The van der Waals surface area contributed by atoms with Gasteiger partial charge >= 0.3 is 5.97 Å². The van der Waals surface area contributed by atoms with Crippen molar-refractivity contribution in [1.29, 1.82) is 0 Å². The lowest BCUT2D eigenvalue weighted by molar-refractivity contribution is -0.640. The van der Waals surface area contributed by atoms with Crippen molar-refractivity contribution in [3.8, 4) is 0 Å². The van der Waals surface area contributed by atoms with Gasteiger partial charge in [-0.25, -0.2) is 14.3 Å². The van der Waals surface area contributed by atoms with Crippen LogP contribution in [0, 0.1) is 27.7 Å². The topological polar surface area (TPSA) is 113 Å². The number of carbonyl (C=O) groups is 1. The average molecular weight is 401 g/mol. The number of ether oxygens (including phenoxy) is 1. The fourth-order valence-corrected chi connectivity index (χ4v) is 4.30. The molecule has 0 radical (unpaired) electrons. The number of nitrogen functional groups attached to an aromatic ring is 1. The minimum atomic E-state index is -4.33. The Bertz CT molecular complexity index is 866. The van der Waals surface area contributed by atoms with E-state index in [-0.39, 0.29) is 10.9 Å². The Morgan fingerprint density at radius 3 is 2.15 bits per heavy atom. The molecule has 0 atom stereocenters. The molecule has 1 aromatic heterocycles. The van der Waals surface area contributed by atoms with E-state index in [9.17, 15) is 17.8 Å². The van der Waals surface area contributed by atoms with Gasteiger partial charge in [0.2, 0.25) is 5.69 Å². The lowest BCUT2D eigenvalue weighted by Gasteiger charge is -2.14. The van der Waals surface area contributed by atoms with Crippen molar-refractivity contribution < 1.29 is 27.2 Å². The molecule has 144 valence electrons. The summed E-state index contributed by atoms with van der Waals surface area (Å²) in [6.07, 6.45) is 0.736. The lowest BCUT2D eigenvalue weighted by Crippen LogP contribution is -2.44. The smallest absolute Gasteiger partial charge is 0.302 e. The van der Waals surface area contributed by atoms with Crippen molar-refractivity contribution in [1.82, 2.24) is 0 Å². The van der Waals surface area contributed by atoms with Crippen LogP contribution in [0.3, 0.4) is 0 Å². The van der Waals surface area contributed by atoms with Gasteiger partial charge in [-0.2, -0.15) is 0 Å². The molecule has 1 heterocycles. The molecule has 0 spiro atoms. The van der Waals surface area contributed by atoms with Crippen molar-refractivity contribution in [3.63, 3.8) is 0 Å². The molecule has 0 saturated heterocycles. The highest BCUT2D eigenvalue weighted by molar-refractivity contribution is 7.85. The maximum Gasteiger partial charge on any atom is 0.302 e. The molecule has 2 aromatic rings. The number of rotatable bonds is 4. The molecule has 0 aliphatic heterocycles. The van der Waals surface area contributed by atoms with Crippen LogP contribution < -0.4 is 10.5 Å². The van der Waals surface area contributed by atoms with Gasteiger partial charge in [0.05, 0.1) is 16.4 Å². The normalized spacial score (nSPS) is 10.8. The van der Waals surface area contributed by atoms with Crippen molar-refractivity contribution in [2.75, 3.05) is 12.4 Å². The number of carbonyl (C=O) groups excluding carboxylic acids is 1. The highest BCUT2D eigenvalue weighted by Gasteiger charge is 2.12. The summed E-state index contributed by atoms with van der Waals surface area (Å²) in [6.45, 7) is 8.90. The molecule has 7 nitrogen and oxygen atoms in total. The Labute approximate surface area is 158 Å². The Morgan fingerprint density at radius 2 is 1.77 bits per heavy atom. The van der Waals surface area contributed by atoms with Crippen molar-refractivity contribution in [2.24, 2.45) is 0 Å². The highest BCUT2D eigenvalue weighted by Crippen LogP contribution is 2.20. The molecule has 2 rings (SSSR count). The van der Waals surface area contributed by atoms with Crippen LogP contribution in [0.15, 0.2) is 22.5 Å². The standard InChI is InChI=1S/C9H12O3S.C8H13N2O2S/c1-6-4-7(2)9(8(3)5-6)13(10,11)12;1-6-8(13-5-10(6)9)3-4-12-7(2)11/h4-5H,1-3H3,(H,10,11,12);5H,3-4,9H2,1-2H3/q;+1/p-1. The number of hydrogen-bond donors (Lipinski definition) is 1. The van der Waals surface area contributed by atoms with Gasteiger partial charge in [0.1, 0.15) is 10.1 Å². The Balaban J connectivity index is 0.000000260. The maximum absolute atomic E-state index is 10.8. The zero-order valence-corrected chi connectivity index (χ0v) is 17.2. The molecular formula is C17H24N2O5S2. The SMILES string of the molecule is CC(=O)OCCc1sc[n+](N)c1C.Cc1cc(C)c(S(=O)(=O)[O-])c(C)c1. The Kier molecular flexibility index (Phi) is 7.73. The summed E-state index contributed by atoms with van der Waals surface area (Å²) < 4.78 is 38.9. The summed E-state index contributed by atoms with van der Waals surface area (Å²) in [4.78, 5) is 11.5. The van der Waals surface area contributed by atoms with Gasteiger partial charge in [-0.3, -0.25) is 4.79 Å². The number of aryl methyl sites for hydroxylation is 3. The minimum absolute atomic E-state index is 0.0851. The number of benzene rings is 1. The fraction of sp³-hybridized carbons (Fsp3) is 0.412. The first kappa shape index (κ1) is 22.1. The third kappa shape index (κ3) is 6.40. The molecule has 0 amide bonds. The molecule has 0 fully saturated rings. The first-order valence-corrected chi connectivity index (χ1v) is 10.1. The lowest BCUT2D eigenvalue weighted by atomic mass is 10.1. The molecule has 1 aromatic carbocycles. The van der Waals surface area contributed by atoms with Crippen molar-refractivity contribution in [2.45, 2.75) is 45.9 Å². The van der Waals surface area contributed by atoms with E-state index in [4.69, 9.17) is 10.6 Å². The van der Waals surface area contributed by atoms with Crippen molar-refractivity contribution >= 4 is 27.4 Å². The molecule has 2 N–H and O–H groups in total. The zero-order valence-electron chi connectivity index (χ0n) is 15.5. The van der Waals surface area contributed by atoms with Gasteiger partial charge in [-0.05, 0) is 31.9 Å². The fourth-order valence-electron chi connectivity index (χ4n) is 2.52. The number of nitrogens with two attached hydrogens (primary N) is 1. The van der Waals surface area contributed by atoms with E-state index >= 15 is 0 Å². The van der Waals surface area contributed by atoms with Gasteiger partial charge in [-0.1, -0.05) is 33.7 Å². The quantitative estimate of drug-likeness (QED) is 0.361. The largest absolute Gasteiger partial charge is 0.744 e. The van der Waals surface area contributed by atoms with E-state index < -0.39 is 10.1 Å². The Hall–Kier alpha value is -1.97. The minimum Gasteiger partial charge on any atom is -0.744 e. The predicted molar refractivity (Wildman–Crippen MR) is 98.4 cm³/mol. The molecule has 0 bridgehead atoms. The molecule has 0 unspecified atom stereocenters. The first-order chi connectivity index (χ1) is 11.9. The number of thiazole rings is 1. The summed E-state index contributed by atoms with van der Waals surface area (Å²) in [5.41, 5.74) is 4.86.